The van der Waals surface area contributed by atoms with Crippen LogP contribution >= 0.6 is 0 Å². The van der Waals surface area contributed by atoms with Crippen LogP contribution in [0.5, 0.6) is 0 Å². The summed E-state index contributed by atoms with van der Waals surface area (Å²) in [6, 6.07) is 0. The molecule has 0 radical (unpaired) electrons. The SMILES string of the molecule is CCCCCCCCCCCCCCCC(=O)OC1[C@@H](COC(=O)CCN(C)C)O[C@@H](O)[C@H]1OC(=O)CCCCCCCCCCCCCCC. The number of carbonyl (C=O) groups is 3. The molecule has 1 saturated heterocycles. The Bertz CT molecular complexity index is 853. The minimum atomic E-state index is -1.47. The van der Waals surface area contributed by atoms with Crippen molar-refractivity contribution in [3.05, 3.63) is 0 Å². The first-order valence-corrected chi connectivity index (χ1v) is 21.3. The Hall–Kier alpha value is -1.71. The van der Waals surface area contributed by atoms with Crippen LogP contribution in [0.4, 0.5) is 0 Å². The van der Waals surface area contributed by atoms with E-state index in [2.05, 4.69) is 13.8 Å². The lowest BCUT2D eigenvalue weighted by atomic mass is 10.0. The van der Waals surface area contributed by atoms with E-state index in [4.69, 9.17) is 18.9 Å². The molecule has 0 aliphatic carbocycles. The molecule has 1 N–H and O–H groups in total. The van der Waals surface area contributed by atoms with Gasteiger partial charge >= 0.3 is 17.9 Å². The van der Waals surface area contributed by atoms with Crippen molar-refractivity contribution < 1.29 is 38.4 Å². The summed E-state index contributed by atoms with van der Waals surface area (Å²) >= 11 is 0. The second-order valence-corrected chi connectivity index (χ2v) is 15.2. The van der Waals surface area contributed by atoms with Crippen LogP contribution in [0.3, 0.4) is 0 Å². The lowest BCUT2D eigenvalue weighted by Gasteiger charge is -2.23. The molecule has 0 aromatic carbocycles. The number of unbranched alkanes of at least 4 members (excludes halogenated alkanes) is 24. The van der Waals surface area contributed by atoms with Gasteiger partial charge in [0.25, 0.3) is 0 Å². The number of aliphatic hydroxyl groups is 1. The maximum Gasteiger partial charge on any atom is 0.307 e. The quantitative estimate of drug-likeness (QED) is 0.0388. The third-order valence-electron chi connectivity index (χ3n) is 9.96. The van der Waals surface area contributed by atoms with Crippen LogP contribution in [0.1, 0.15) is 200 Å². The van der Waals surface area contributed by atoms with Gasteiger partial charge in [0.1, 0.15) is 12.7 Å². The average Bonchev–Trinajstić information content (AvgIpc) is 3.39. The number of nitrogens with zero attached hydrogens (tertiary/aromatic N) is 1. The van der Waals surface area contributed by atoms with Crippen molar-refractivity contribution in [1.82, 2.24) is 4.90 Å². The molecular weight excluding hydrogens is 646 g/mol. The molecule has 1 aliphatic heterocycles. The standard InChI is InChI=1S/C42H79NO8/c1-5-7-9-11-13-15-17-19-21-23-25-27-29-31-38(45)50-40-36(35-48-37(44)33-34-43(3)4)49-42(47)41(40)51-39(46)32-30-28-26-24-22-20-18-16-14-12-10-8-6-2/h36,40-42,47H,5-35H2,1-4H3/t36-,40?,41+,42-/m1/s1. The molecule has 0 saturated carbocycles. The van der Waals surface area contributed by atoms with E-state index in [1.54, 1.807) is 0 Å². The molecule has 0 aromatic heterocycles. The Kier molecular flexibility index (Phi) is 30.5. The molecule has 4 atom stereocenters. The van der Waals surface area contributed by atoms with Crippen LogP contribution in [-0.2, 0) is 33.3 Å². The van der Waals surface area contributed by atoms with Crippen molar-refractivity contribution in [2.24, 2.45) is 0 Å². The van der Waals surface area contributed by atoms with Crippen molar-refractivity contribution in [2.75, 3.05) is 27.2 Å². The zero-order chi connectivity index (χ0) is 37.4. The molecule has 0 spiro atoms. The Balaban J connectivity index is 2.41. The van der Waals surface area contributed by atoms with E-state index in [9.17, 15) is 19.5 Å². The highest BCUT2D eigenvalue weighted by molar-refractivity contribution is 5.71. The van der Waals surface area contributed by atoms with E-state index in [-0.39, 0.29) is 25.9 Å². The minimum Gasteiger partial charge on any atom is -0.463 e. The van der Waals surface area contributed by atoms with Gasteiger partial charge < -0.3 is 29.0 Å². The van der Waals surface area contributed by atoms with E-state index in [1.807, 2.05) is 19.0 Å². The Labute approximate surface area is 312 Å². The van der Waals surface area contributed by atoms with Gasteiger partial charge in [-0.1, -0.05) is 168 Å². The van der Waals surface area contributed by atoms with Crippen LogP contribution in [0.25, 0.3) is 0 Å². The summed E-state index contributed by atoms with van der Waals surface area (Å²) in [6.07, 6.45) is 27.6. The summed E-state index contributed by atoms with van der Waals surface area (Å²) in [5, 5.41) is 10.7. The summed E-state index contributed by atoms with van der Waals surface area (Å²) in [7, 11) is 3.74. The summed E-state index contributed by atoms with van der Waals surface area (Å²) in [4.78, 5) is 39.8. The first-order chi connectivity index (χ1) is 24.8. The summed E-state index contributed by atoms with van der Waals surface area (Å²) in [6.45, 7) is 4.83. The molecule has 0 aromatic rings. The topological polar surface area (TPSA) is 112 Å². The number of esters is 3. The van der Waals surface area contributed by atoms with Crippen LogP contribution < -0.4 is 0 Å². The van der Waals surface area contributed by atoms with Gasteiger partial charge in [0.15, 0.2) is 18.5 Å². The molecule has 1 aliphatic rings. The van der Waals surface area contributed by atoms with Crippen molar-refractivity contribution in [3.63, 3.8) is 0 Å². The highest BCUT2D eigenvalue weighted by Crippen LogP contribution is 2.27. The lowest BCUT2D eigenvalue weighted by Crippen LogP contribution is -2.42. The summed E-state index contributed by atoms with van der Waals surface area (Å²) < 4.78 is 22.4. The number of ether oxygens (including phenoxy) is 4. The van der Waals surface area contributed by atoms with Crippen LogP contribution in [0.15, 0.2) is 0 Å². The fraction of sp³-hybridized carbons (Fsp3) is 0.929. The van der Waals surface area contributed by atoms with E-state index >= 15 is 0 Å². The second kappa shape index (κ2) is 32.9. The lowest BCUT2D eigenvalue weighted by molar-refractivity contribution is -0.177. The highest BCUT2D eigenvalue weighted by atomic mass is 16.7. The Morgan fingerprint density at radius 1 is 0.510 bits per heavy atom. The largest absolute Gasteiger partial charge is 0.463 e. The second-order valence-electron chi connectivity index (χ2n) is 15.2. The molecule has 300 valence electrons. The molecule has 1 unspecified atom stereocenters. The molecule has 9 nitrogen and oxygen atoms in total. The number of hydrogen-bond donors (Lipinski definition) is 1. The summed E-state index contributed by atoms with van der Waals surface area (Å²) in [5.41, 5.74) is 0. The number of carbonyl (C=O) groups excluding carboxylic acids is 3. The van der Waals surface area contributed by atoms with Crippen LogP contribution in [0, 0.1) is 0 Å². The van der Waals surface area contributed by atoms with Gasteiger partial charge in [0.05, 0.1) is 6.42 Å². The zero-order valence-electron chi connectivity index (χ0n) is 33.5. The van der Waals surface area contributed by atoms with E-state index in [0.29, 0.717) is 19.4 Å². The minimum absolute atomic E-state index is 0.198. The average molecular weight is 726 g/mol. The third kappa shape index (κ3) is 26.7. The zero-order valence-corrected chi connectivity index (χ0v) is 33.5. The molecule has 0 bridgehead atoms. The van der Waals surface area contributed by atoms with E-state index in [0.717, 1.165) is 25.7 Å². The molecule has 1 rings (SSSR count). The van der Waals surface area contributed by atoms with Crippen molar-refractivity contribution >= 4 is 17.9 Å². The number of hydrogen-bond acceptors (Lipinski definition) is 9. The van der Waals surface area contributed by atoms with Gasteiger partial charge in [-0.15, -0.1) is 0 Å². The predicted molar refractivity (Wildman–Crippen MR) is 205 cm³/mol. The van der Waals surface area contributed by atoms with E-state index in [1.165, 1.54) is 128 Å². The monoisotopic (exact) mass is 726 g/mol. The maximum absolute atomic E-state index is 12.9. The Morgan fingerprint density at radius 2 is 0.863 bits per heavy atom. The predicted octanol–water partition coefficient (Wildman–Crippen LogP) is 9.98. The first-order valence-electron chi connectivity index (χ1n) is 21.3. The molecule has 9 heteroatoms. The molecule has 51 heavy (non-hydrogen) atoms. The van der Waals surface area contributed by atoms with Crippen molar-refractivity contribution in [2.45, 2.75) is 225 Å². The van der Waals surface area contributed by atoms with E-state index < -0.39 is 42.5 Å². The van der Waals surface area contributed by atoms with Crippen LogP contribution in [0.2, 0.25) is 0 Å². The smallest absolute Gasteiger partial charge is 0.307 e. The maximum atomic E-state index is 12.9. The molecule has 0 amide bonds. The third-order valence-corrected chi connectivity index (χ3v) is 9.96. The van der Waals surface area contributed by atoms with Crippen molar-refractivity contribution in [3.8, 4) is 0 Å². The Morgan fingerprint density at radius 3 is 1.24 bits per heavy atom. The van der Waals surface area contributed by atoms with Crippen molar-refractivity contribution in [1.29, 1.82) is 0 Å². The van der Waals surface area contributed by atoms with Gasteiger partial charge in [-0.3, -0.25) is 14.4 Å². The molecule has 1 heterocycles. The van der Waals surface area contributed by atoms with Gasteiger partial charge in [0.2, 0.25) is 0 Å². The van der Waals surface area contributed by atoms with Gasteiger partial charge in [-0.2, -0.15) is 0 Å². The number of rotatable bonds is 35. The normalized spacial score (nSPS) is 18.7. The van der Waals surface area contributed by atoms with Gasteiger partial charge in [-0.05, 0) is 26.9 Å². The van der Waals surface area contributed by atoms with Gasteiger partial charge in [0, 0.05) is 19.4 Å². The van der Waals surface area contributed by atoms with Crippen LogP contribution in [-0.4, -0.2) is 79.8 Å². The molecule has 1 fully saturated rings. The summed E-state index contributed by atoms with van der Waals surface area (Å²) in [5.74, 6) is -1.30. The fourth-order valence-corrected chi connectivity index (χ4v) is 6.67. The first kappa shape index (κ1) is 47.3. The number of aliphatic hydroxyl groups excluding tert-OH is 1. The molecular formula is C42H79NO8. The fourth-order valence-electron chi connectivity index (χ4n) is 6.67. The highest BCUT2D eigenvalue weighted by Gasteiger charge is 2.49. The van der Waals surface area contributed by atoms with Gasteiger partial charge in [-0.25, -0.2) is 0 Å².